The molecular weight excluding hydrogens is 458 g/mol. The van der Waals surface area contributed by atoms with Gasteiger partial charge in [-0.3, -0.25) is 4.90 Å². The van der Waals surface area contributed by atoms with Gasteiger partial charge in [0.05, 0.1) is 31.9 Å². The van der Waals surface area contributed by atoms with E-state index in [2.05, 4.69) is 33.7 Å². The van der Waals surface area contributed by atoms with Crippen LogP contribution in [0.2, 0.25) is 0 Å². The zero-order chi connectivity index (χ0) is 25.5. The minimum Gasteiger partial charge on any atom is -0.493 e. The summed E-state index contributed by atoms with van der Waals surface area (Å²) in [6, 6.07) is 14.7. The Morgan fingerprint density at radius 2 is 1.89 bits per heavy atom. The van der Waals surface area contributed by atoms with Crippen molar-refractivity contribution in [3.63, 3.8) is 0 Å². The fourth-order valence-electron chi connectivity index (χ4n) is 4.57. The Labute approximate surface area is 211 Å². The molecule has 2 N–H and O–H groups in total. The summed E-state index contributed by atoms with van der Waals surface area (Å²) in [6.07, 6.45) is 3.10. The van der Waals surface area contributed by atoms with Crippen LogP contribution in [0.15, 0.2) is 65.9 Å². The third-order valence-electron chi connectivity index (χ3n) is 6.29. The van der Waals surface area contributed by atoms with Crippen LogP contribution in [0.5, 0.6) is 11.5 Å². The van der Waals surface area contributed by atoms with E-state index in [1.165, 1.54) is 11.1 Å². The number of carbonyl (C=O) groups excluding carboxylic acids is 2. The lowest BCUT2D eigenvalue weighted by Crippen LogP contribution is -2.48. The zero-order valence-electron chi connectivity index (χ0n) is 21.0. The molecule has 2 aromatic rings. The average molecular weight is 492 g/mol. The number of methoxy groups -OCH3 is 1. The van der Waals surface area contributed by atoms with Crippen LogP contribution in [0.25, 0.3) is 5.57 Å². The van der Waals surface area contributed by atoms with Crippen molar-refractivity contribution in [2.24, 2.45) is 0 Å². The van der Waals surface area contributed by atoms with E-state index >= 15 is 0 Å². The molecule has 0 aliphatic carbocycles. The van der Waals surface area contributed by atoms with Gasteiger partial charge in [0.25, 0.3) is 0 Å². The molecule has 0 saturated carbocycles. The second kappa shape index (κ2) is 11.8. The Kier molecular flexibility index (Phi) is 8.28. The molecular formula is C28H33N3O5. The fourth-order valence-corrected chi connectivity index (χ4v) is 4.57. The minimum absolute atomic E-state index is 0.232. The van der Waals surface area contributed by atoms with Crippen molar-refractivity contribution >= 4 is 17.6 Å². The van der Waals surface area contributed by atoms with Crippen molar-refractivity contribution in [1.29, 1.82) is 0 Å². The average Bonchev–Trinajstić information content (AvgIpc) is 2.90. The summed E-state index contributed by atoms with van der Waals surface area (Å²) in [5, 5.41) is 5.75. The maximum Gasteiger partial charge on any atom is 0.338 e. The second-order valence-electron chi connectivity index (χ2n) is 8.57. The van der Waals surface area contributed by atoms with E-state index in [-0.39, 0.29) is 12.6 Å². The topological polar surface area (TPSA) is 89.1 Å². The maximum atomic E-state index is 13.1. The first-order valence-electron chi connectivity index (χ1n) is 12.3. The number of nitrogens with one attached hydrogen (secondary N) is 2. The van der Waals surface area contributed by atoms with Gasteiger partial charge in [0.2, 0.25) is 0 Å². The lowest BCUT2D eigenvalue weighted by atomic mass is 9.94. The van der Waals surface area contributed by atoms with Crippen molar-refractivity contribution < 1.29 is 23.8 Å². The van der Waals surface area contributed by atoms with Gasteiger partial charge in [-0.05, 0) is 49.1 Å². The summed E-state index contributed by atoms with van der Waals surface area (Å²) in [5.74, 6) is 0.664. The van der Waals surface area contributed by atoms with E-state index in [1.54, 1.807) is 26.2 Å². The molecule has 8 nitrogen and oxygen atoms in total. The zero-order valence-corrected chi connectivity index (χ0v) is 21.0. The molecule has 0 aromatic heterocycles. The molecule has 1 atom stereocenters. The molecule has 0 radical (unpaired) electrons. The largest absolute Gasteiger partial charge is 0.493 e. The first-order chi connectivity index (χ1) is 17.5. The van der Waals surface area contributed by atoms with E-state index in [4.69, 9.17) is 14.2 Å². The number of hydrogen-bond donors (Lipinski definition) is 2. The smallest absolute Gasteiger partial charge is 0.338 e. The van der Waals surface area contributed by atoms with Gasteiger partial charge in [-0.15, -0.1) is 0 Å². The second-order valence-corrected chi connectivity index (χ2v) is 8.57. The van der Waals surface area contributed by atoms with E-state index in [1.807, 2.05) is 31.2 Å². The lowest BCUT2D eigenvalue weighted by Gasteiger charge is -2.33. The molecule has 0 fully saturated rings. The van der Waals surface area contributed by atoms with E-state index in [9.17, 15) is 9.59 Å². The van der Waals surface area contributed by atoms with Gasteiger partial charge in [0, 0.05) is 25.3 Å². The molecule has 0 bridgehead atoms. The molecule has 8 heteroatoms. The maximum absolute atomic E-state index is 13.1. The van der Waals surface area contributed by atoms with Gasteiger partial charge in [-0.25, -0.2) is 9.59 Å². The number of benzene rings is 2. The number of rotatable bonds is 9. The number of ether oxygens (including phenoxy) is 3. The predicted molar refractivity (Wildman–Crippen MR) is 138 cm³/mol. The Bertz CT molecular complexity index is 1160. The molecule has 4 rings (SSSR count). The van der Waals surface area contributed by atoms with Crippen molar-refractivity contribution in [2.75, 3.05) is 40.0 Å². The Morgan fingerprint density at radius 3 is 2.56 bits per heavy atom. The Hall–Kier alpha value is -3.78. The van der Waals surface area contributed by atoms with Crippen molar-refractivity contribution in [3.05, 3.63) is 77.0 Å². The van der Waals surface area contributed by atoms with E-state index in [0.29, 0.717) is 48.0 Å². The predicted octanol–water partition coefficient (Wildman–Crippen LogP) is 4.05. The SMILES string of the molecule is CCOC(=O)C1=C(CN2CC=C(c3ccccc3)CC2)NC(=O)N[C@H]1c1ccc(OCC)c(OC)c1. The molecule has 2 aliphatic heterocycles. The third kappa shape index (κ3) is 5.71. The minimum atomic E-state index is -0.683. The molecule has 190 valence electrons. The molecule has 2 amide bonds. The van der Waals surface area contributed by atoms with Gasteiger partial charge in [0.15, 0.2) is 11.5 Å². The van der Waals surface area contributed by atoms with Crippen LogP contribution >= 0.6 is 0 Å². The fraction of sp³-hybridized carbons (Fsp3) is 0.357. The van der Waals surface area contributed by atoms with Crippen LogP contribution < -0.4 is 20.1 Å². The van der Waals surface area contributed by atoms with Crippen LogP contribution in [-0.2, 0) is 9.53 Å². The molecule has 2 heterocycles. The highest BCUT2D eigenvalue weighted by molar-refractivity contribution is 5.95. The number of amides is 2. The molecule has 0 saturated heterocycles. The van der Waals surface area contributed by atoms with Crippen molar-refractivity contribution in [3.8, 4) is 11.5 Å². The van der Waals surface area contributed by atoms with Crippen LogP contribution in [0, 0.1) is 0 Å². The Morgan fingerprint density at radius 1 is 1.08 bits per heavy atom. The van der Waals surface area contributed by atoms with E-state index < -0.39 is 12.0 Å². The quantitative estimate of drug-likeness (QED) is 0.515. The summed E-state index contributed by atoms with van der Waals surface area (Å²) in [6.45, 7) is 6.34. The lowest BCUT2D eigenvalue weighted by molar-refractivity contribution is -0.139. The van der Waals surface area contributed by atoms with Crippen LogP contribution in [-0.4, -0.2) is 56.9 Å². The summed E-state index contributed by atoms with van der Waals surface area (Å²) < 4.78 is 16.5. The highest BCUT2D eigenvalue weighted by atomic mass is 16.5. The Balaban J connectivity index is 1.64. The highest BCUT2D eigenvalue weighted by Crippen LogP contribution is 2.35. The molecule has 0 unspecified atom stereocenters. The number of carbonyl (C=O) groups is 2. The van der Waals surface area contributed by atoms with Crippen molar-refractivity contribution in [1.82, 2.24) is 15.5 Å². The number of esters is 1. The number of nitrogens with zero attached hydrogens (tertiary/aromatic N) is 1. The standard InChI is InChI=1S/C28H33N3O5/c1-4-35-23-12-11-21(17-24(23)34-3)26-25(27(32)36-5-2)22(29-28(33)30-26)18-31-15-13-20(14-16-31)19-9-7-6-8-10-19/h6-13,17,26H,4-5,14-16,18H2,1-3H3,(H2,29,30,33)/t26-/m0/s1. The van der Waals surface area contributed by atoms with Gasteiger partial charge >= 0.3 is 12.0 Å². The van der Waals surface area contributed by atoms with Gasteiger partial charge in [-0.2, -0.15) is 0 Å². The van der Waals surface area contributed by atoms with Gasteiger partial charge in [-0.1, -0.05) is 42.5 Å². The summed E-state index contributed by atoms with van der Waals surface area (Å²) in [4.78, 5) is 28.0. The molecule has 2 aromatic carbocycles. The number of hydrogen-bond acceptors (Lipinski definition) is 6. The molecule has 2 aliphatic rings. The normalized spacial score (nSPS) is 18.1. The van der Waals surface area contributed by atoms with Crippen LogP contribution in [0.4, 0.5) is 4.79 Å². The molecule has 0 spiro atoms. The monoisotopic (exact) mass is 491 g/mol. The summed E-state index contributed by atoms with van der Waals surface area (Å²) in [7, 11) is 1.56. The van der Waals surface area contributed by atoms with Crippen molar-refractivity contribution in [2.45, 2.75) is 26.3 Å². The highest BCUT2D eigenvalue weighted by Gasteiger charge is 2.35. The summed E-state index contributed by atoms with van der Waals surface area (Å²) in [5.41, 5.74) is 4.17. The first-order valence-corrected chi connectivity index (χ1v) is 12.3. The molecule has 36 heavy (non-hydrogen) atoms. The van der Waals surface area contributed by atoms with Gasteiger partial charge < -0.3 is 24.8 Å². The first kappa shape index (κ1) is 25.3. The van der Waals surface area contributed by atoms with Gasteiger partial charge in [0.1, 0.15) is 0 Å². The third-order valence-corrected chi connectivity index (χ3v) is 6.29. The van der Waals surface area contributed by atoms with Crippen LogP contribution in [0.3, 0.4) is 0 Å². The number of urea groups is 1. The van der Waals surface area contributed by atoms with Crippen LogP contribution in [0.1, 0.15) is 37.4 Å². The van der Waals surface area contributed by atoms with E-state index in [0.717, 1.165) is 13.0 Å². The summed E-state index contributed by atoms with van der Waals surface area (Å²) >= 11 is 0.